The van der Waals surface area contributed by atoms with Gasteiger partial charge in [-0.2, -0.15) is 0 Å². The highest BCUT2D eigenvalue weighted by Crippen LogP contribution is 2.56. The zero-order chi connectivity index (χ0) is 40.5. The standard InChI is InChI=1S/C47H50N10O3/c48-44-41(23-40(51-52-44)37-8-1-2-9-42(37)58)54-27-33-12-13-34(28-54)57(33)32-7-3-5-30(21-32)6-4-17-53-19-15-47(16-20-53)24-36(25-47)56-29-39(31-10-11-31)38-22-35(26-49-45(38)56)55-18-14-43(59)50-46(55)60/h1-3,5,7-9,21-23,26,29,31,33-34,36,58H,10-20,24-25,27-28H2,(H2,48,52)(H,50,59,60). The number of rotatable bonds is 7. The van der Waals surface area contributed by atoms with Crippen LogP contribution in [-0.2, 0) is 4.79 Å². The van der Waals surface area contributed by atoms with Crippen LogP contribution in [0.2, 0.25) is 0 Å². The monoisotopic (exact) mass is 802 g/mol. The Bertz CT molecular complexity index is 2560. The molecule has 13 heteroatoms. The molecule has 2 aromatic carbocycles. The van der Waals surface area contributed by atoms with Crippen molar-refractivity contribution < 1.29 is 14.7 Å². The van der Waals surface area contributed by atoms with Gasteiger partial charge in [0.25, 0.3) is 0 Å². The minimum Gasteiger partial charge on any atom is -0.507 e. The summed E-state index contributed by atoms with van der Waals surface area (Å²) >= 11 is 0. The molecule has 2 aliphatic carbocycles. The summed E-state index contributed by atoms with van der Waals surface area (Å²) in [5, 5.41) is 22.6. The fourth-order valence-corrected chi connectivity index (χ4v) is 10.8. The highest BCUT2D eigenvalue weighted by molar-refractivity contribution is 6.06. The molecule has 2 unspecified atom stereocenters. The van der Waals surface area contributed by atoms with Crippen LogP contribution in [0, 0.1) is 17.3 Å². The van der Waals surface area contributed by atoms with Crippen LogP contribution in [-0.4, -0.2) is 93.0 Å². The number of likely N-dealkylation sites (tertiary alicyclic amines) is 1. The first-order chi connectivity index (χ1) is 29.3. The molecule has 0 radical (unpaired) electrons. The van der Waals surface area contributed by atoms with Crippen LogP contribution in [0.1, 0.15) is 80.9 Å². The third-order valence-electron chi connectivity index (χ3n) is 14.2. The number of nitrogen functional groups attached to an aromatic ring is 1. The molecule has 60 heavy (non-hydrogen) atoms. The number of phenols is 1. The van der Waals surface area contributed by atoms with Crippen LogP contribution in [0.5, 0.6) is 5.75 Å². The molecule has 4 N–H and O–H groups in total. The number of anilines is 4. The third-order valence-corrected chi connectivity index (χ3v) is 14.2. The number of para-hydroxylation sites is 1. The molecule has 3 amide bonds. The van der Waals surface area contributed by atoms with Crippen molar-refractivity contribution in [1.29, 1.82) is 0 Å². The number of pyridine rings is 1. The van der Waals surface area contributed by atoms with E-state index in [1.807, 2.05) is 18.2 Å². The Kier molecular flexibility index (Phi) is 8.95. The zero-order valence-electron chi connectivity index (χ0n) is 33.8. The number of carbonyl (C=O) groups is 2. The van der Waals surface area contributed by atoms with Crippen molar-refractivity contribution in [2.45, 2.75) is 81.8 Å². The Labute approximate surface area is 349 Å². The van der Waals surface area contributed by atoms with Crippen LogP contribution >= 0.6 is 0 Å². The molecule has 1 spiro atoms. The number of hydrogen-bond acceptors (Lipinski definition) is 10. The van der Waals surface area contributed by atoms with Crippen molar-refractivity contribution in [3.63, 3.8) is 0 Å². The Balaban J connectivity index is 0.705. The summed E-state index contributed by atoms with van der Waals surface area (Å²) in [7, 11) is 0. The van der Waals surface area contributed by atoms with Gasteiger partial charge in [-0.25, -0.2) is 9.78 Å². The average molecular weight is 803 g/mol. The lowest BCUT2D eigenvalue weighted by Gasteiger charge is -2.52. The minimum absolute atomic E-state index is 0.177. The number of aromatic hydroxyl groups is 1. The molecule has 4 saturated heterocycles. The summed E-state index contributed by atoms with van der Waals surface area (Å²) in [6.45, 7) is 4.98. The van der Waals surface area contributed by atoms with E-state index in [2.05, 4.69) is 83.2 Å². The van der Waals surface area contributed by atoms with Crippen LogP contribution in [0.25, 0.3) is 22.3 Å². The van der Waals surface area contributed by atoms with Gasteiger partial charge in [0.2, 0.25) is 5.91 Å². The average Bonchev–Trinajstić information content (AvgIpc) is 3.97. The number of imide groups is 1. The van der Waals surface area contributed by atoms with E-state index in [0.717, 1.165) is 73.5 Å². The quantitative estimate of drug-likeness (QED) is 0.157. The predicted molar refractivity (Wildman–Crippen MR) is 232 cm³/mol. The molecule has 2 atom stereocenters. The van der Waals surface area contributed by atoms with Gasteiger partial charge in [0.15, 0.2) is 5.82 Å². The van der Waals surface area contributed by atoms with E-state index in [1.54, 1.807) is 23.2 Å². The summed E-state index contributed by atoms with van der Waals surface area (Å²) in [5.74, 6) is 7.95. The molecule has 7 heterocycles. The first kappa shape index (κ1) is 36.9. The van der Waals surface area contributed by atoms with Crippen molar-refractivity contribution in [1.82, 2.24) is 30.0 Å². The highest BCUT2D eigenvalue weighted by atomic mass is 16.3. The molecule has 13 nitrogen and oxygen atoms in total. The topological polar surface area (TPSA) is 149 Å². The number of amides is 3. The second kappa shape index (κ2) is 14.6. The molecule has 2 saturated carbocycles. The number of benzene rings is 2. The maximum Gasteiger partial charge on any atom is 0.328 e. The third kappa shape index (κ3) is 6.67. The summed E-state index contributed by atoms with van der Waals surface area (Å²) in [6, 6.07) is 20.8. The van der Waals surface area contributed by atoms with Gasteiger partial charge in [-0.15, -0.1) is 10.2 Å². The van der Waals surface area contributed by atoms with E-state index in [1.165, 1.54) is 49.8 Å². The molecule has 5 aromatic rings. The number of nitrogens with zero attached hydrogens (tertiary/aromatic N) is 8. The molecule has 3 aromatic heterocycles. The van der Waals surface area contributed by atoms with Gasteiger partial charge in [-0.3, -0.25) is 19.9 Å². The first-order valence-corrected chi connectivity index (χ1v) is 21.7. The van der Waals surface area contributed by atoms with E-state index in [9.17, 15) is 14.7 Å². The van der Waals surface area contributed by atoms with Crippen LogP contribution in [0.3, 0.4) is 0 Å². The number of piperazine rings is 1. The lowest BCUT2D eigenvalue weighted by atomic mass is 9.60. The number of carbonyl (C=O) groups excluding carboxylic acids is 2. The Morgan fingerprint density at radius 2 is 1.68 bits per heavy atom. The summed E-state index contributed by atoms with van der Waals surface area (Å²) in [5.41, 5.74) is 14.3. The van der Waals surface area contributed by atoms with Gasteiger partial charge < -0.3 is 25.2 Å². The Morgan fingerprint density at radius 3 is 2.45 bits per heavy atom. The van der Waals surface area contributed by atoms with Gasteiger partial charge in [0, 0.05) is 72.6 Å². The molecule has 11 rings (SSSR count). The summed E-state index contributed by atoms with van der Waals surface area (Å²) < 4.78 is 2.43. The molecule has 6 fully saturated rings. The SMILES string of the molecule is Nc1nnc(-c2ccccc2O)cc1N1CC2CCC(C1)N2c1cccc(C#CCN2CCC3(CC2)CC(n2cc(C4CC4)c4cc(N5CCC(=O)NC5=O)cnc42)C3)c1. The van der Waals surface area contributed by atoms with Gasteiger partial charge in [0.1, 0.15) is 11.4 Å². The van der Waals surface area contributed by atoms with Crippen molar-refractivity contribution in [2.75, 3.05) is 59.7 Å². The predicted octanol–water partition coefficient (Wildman–Crippen LogP) is 6.43. The number of fused-ring (bicyclic) bond motifs is 3. The maximum atomic E-state index is 12.6. The van der Waals surface area contributed by atoms with Crippen molar-refractivity contribution in [2.24, 2.45) is 5.41 Å². The molecular formula is C47H50N10O3. The smallest absolute Gasteiger partial charge is 0.328 e. The van der Waals surface area contributed by atoms with Crippen LogP contribution < -0.4 is 25.8 Å². The fraction of sp³-hybridized carbons (Fsp3) is 0.426. The van der Waals surface area contributed by atoms with Crippen molar-refractivity contribution in [3.05, 3.63) is 84.2 Å². The van der Waals surface area contributed by atoms with Crippen molar-refractivity contribution in [3.8, 4) is 28.8 Å². The van der Waals surface area contributed by atoms with E-state index in [-0.39, 0.29) is 17.7 Å². The molecule has 4 aliphatic heterocycles. The first-order valence-electron chi connectivity index (χ1n) is 21.7. The maximum absolute atomic E-state index is 12.6. The number of piperidine rings is 1. The van der Waals surface area contributed by atoms with Crippen molar-refractivity contribution >= 4 is 45.9 Å². The van der Waals surface area contributed by atoms with Crippen LogP contribution in [0.4, 0.5) is 27.7 Å². The molecule has 6 aliphatic rings. The fourth-order valence-electron chi connectivity index (χ4n) is 10.8. The molecule has 306 valence electrons. The number of nitrogens with two attached hydrogens (primary N) is 1. The van der Waals surface area contributed by atoms with Gasteiger partial charge in [0.05, 0.1) is 29.8 Å². The summed E-state index contributed by atoms with van der Waals surface area (Å²) in [6.07, 6.45) is 13.8. The number of phenolic OH excluding ortho intramolecular Hbond substituents is 1. The second-order valence-electron chi connectivity index (χ2n) is 18.0. The molecule has 2 bridgehead atoms. The Morgan fingerprint density at radius 1 is 0.883 bits per heavy atom. The summed E-state index contributed by atoms with van der Waals surface area (Å²) in [4.78, 5) is 38.3. The second-order valence-corrected chi connectivity index (χ2v) is 18.0. The van der Waals surface area contributed by atoms with Gasteiger partial charge in [-0.05, 0) is 124 Å². The number of aromatic nitrogens is 4. The van der Waals surface area contributed by atoms with E-state index in [4.69, 9.17) is 10.7 Å². The van der Waals surface area contributed by atoms with Gasteiger partial charge >= 0.3 is 6.03 Å². The molecular weight excluding hydrogens is 753 g/mol. The van der Waals surface area contributed by atoms with E-state index >= 15 is 0 Å². The van der Waals surface area contributed by atoms with Crippen LogP contribution in [0.15, 0.2) is 73.1 Å². The number of hydrogen-bond donors (Lipinski definition) is 3. The number of nitrogens with one attached hydrogen (secondary N) is 1. The lowest BCUT2D eigenvalue weighted by Crippen LogP contribution is -2.54. The normalized spacial score (nSPS) is 22.8. The highest BCUT2D eigenvalue weighted by Gasteiger charge is 2.47. The van der Waals surface area contributed by atoms with E-state index in [0.29, 0.717) is 59.5 Å². The Hall–Kier alpha value is -6.13. The lowest BCUT2D eigenvalue weighted by molar-refractivity contribution is -0.120. The van der Waals surface area contributed by atoms with Gasteiger partial charge in [-0.1, -0.05) is 30.0 Å². The largest absolute Gasteiger partial charge is 0.507 e. The number of urea groups is 1. The minimum atomic E-state index is -0.366. The zero-order valence-corrected chi connectivity index (χ0v) is 33.8. The van der Waals surface area contributed by atoms with E-state index < -0.39 is 0 Å².